The topological polar surface area (TPSA) is 95.5 Å². The van der Waals surface area contributed by atoms with Crippen LogP contribution in [0.4, 0.5) is 11.9 Å². The number of hydrogen-bond acceptors (Lipinski definition) is 8. The van der Waals surface area contributed by atoms with Gasteiger partial charge in [0.05, 0.1) is 0 Å². The number of aryl methyl sites for hydroxylation is 1. The molecule has 0 spiro atoms. The maximum absolute atomic E-state index is 4.38. The molecule has 2 N–H and O–H groups in total. The number of nitrogens with one attached hydrogen (secondary N) is 2. The molecule has 0 saturated heterocycles. The normalized spacial score (nSPS) is 10.6. The van der Waals surface area contributed by atoms with Crippen LogP contribution in [0.2, 0.25) is 0 Å². The molecule has 0 unspecified atom stereocenters. The summed E-state index contributed by atoms with van der Waals surface area (Å²) < 4.78 is 0. The lowest BCUT2D eigenvalue weighted by Gasteiger charge is -2.12. The Kier molecular flexibility index (Phi) is 4.72. The van der Waals surface area contributed by atoms with E-state index in [2.05, 4.69) is 42.4 Å². The first-order valence-corrected chi connectivity index (χ1v) is 7.14. The molecule has 0 aliphatic carbocycles. The largest absolute Gasteiger partial charge is 0.354 e. The molecular formula is C11H18N8S. The number of rotatable bonds is 6. The van der Waals surface area contributed by atoms with Crippen LogP contribution in [0.25, 0.3) is 0 Å². The van der Waals surface area contributed by atoms with Crippen molar-refractivity contribution in [3.8, 4) is 0 Å². The summed E-state index contributed by atoms with van der Waals surface area (Å²) in [6, 6.07) is 0. The molecular weight excluding hydrogens is 276 g/mol. The second-order valence-electron chi connectivity index (χ2n) is 4.37. The van der Waals surface area contributed by atoms with E-state index in [1.165, 1.54) is 11.8 Å². The molecule has 0 aliphatic rings. The van der Waals surface area contributed by atoms with Gasteiger partial charge in [0.2, 0.25) is 22.2 Å². The summed E-state index contributed by atoms with van der Waals surface area (Å²) in [6.45, 7) is 4.76. The Morgan fingerprint density at radius 2 is 1.95 bits per heavy atom. The Morgan fingerprint density at radius 1 is 1.15 bits per heavy atom. The third-order valence-electron chi connectivity index (χ3n) is 2.30. The Hall–Kier alpha value is -1.90. The SMILES string of the molecule is CCCNc1nc(Sc2n[nH]c(C)n2)nc(N(C)C)n1. The van der Waals surface area contributed by atoms with E-state index in [1.807, 2.05) is 25.9 Å². The number of hydrogen-bond donors (Lipinski definition) is 2. The fourth-order valence-electron chi connectivity index (χ4n) is 1.36. The van der Waals surface area contributed by atoms with Gasteiger partial charge in [-0.3, -0.25) is 5.10 Å². The highest BCUT2D eigenvalue weighted by Crippen LogP contribution is 2.23. The van der Waals surface area contributed by atoms with Crippen molar-refractivity contribution in [2.24, 2.45) is 0 Å². The Balaban J connectivity index is 2.23. The van der Waals surface area contributed by atoms with Gasteiger partial charge in [-0.2, -0.15) is 15.0 Å². The molecule has 0 atom stereocenters. The highest BCUT2D eigenvalue weighted by atomic mass is 32.2. The smallest absolute Gasteiger partial charge is 0.230 e. The molecule has 0 aromatic carbocycles. The number of nitrogens with zero attached hydrogens (tertiary/aromatic N) is 6. The highest BCUT2D eigenvalue weighted by Gasteiger charge is 2.11. The third-order valence-corrected chi connectivity index (χ3v) is 3.03. The average molecular weight is 294 g/mol. The van der Waals surface area contributed by atoms with E-state index in [9.17, 15) is 0 Å². The van der Waals surface area contributed by atoms with E-state index in [4.69, 9.17) is 0 Å². The van der Waals surface area contributed by atoms with E-state index < -0.39 is 0 Å². The summed E-state index contributed by atoms with van der Waals surface area (Å²) in [7, 11) is 3.79. The van der Waals surface area contributed by atoms with Crippen molar-refractivity contribution in [3.63, 3.8) is 0 Å². The molecule has 0 saturated carbocycles. The van der Waals surface area contributed by atoms with Crippen molar-refractivity contribution in [2.75, 3.05) is 30.9 Å². The monoisotopic (exact) mass is 294 g/mol. The molecule has 2 rings (SSSR count). The zero-order chi connectivity index (χ0) is 14.5. The average Bonchev–Trinajstić information content (AvgIpc) is 2.81. The lowest BCUT2D eigenvalue weighted by Crippen LogP contribution is -2.16. The predicted molar refractivity (Wildman–Crippen MR) is 78.2 cm³/mol. The molecule has 0 amide bonds. The summed E-state index contributed by atoms with van der Waals surface area (Å²) >= 11 is 1.31. The number of aromatic amines is 1. The van der Waals surface area contributed by atoms with Gasteiger partial charge >= 0.3 is 0 Å². The van der Waals surface area contributed by atoms with Gasteiger partial charge in [0.1, 0.15) is 5.82 Å². The van der Waals surface area contributed by atoms with Crippen LogP contribution in [0.5, 0.6) is 0 Å². The van der Waals surface area contributed by atoms with E-state index >= 15 is 0 Å². The van der Waals surface area contributed by atoms with Gasteiger partial charge in [-0.15, -0.1) is 5.10 Å². The van der Waals surface area contributed by atoms with Crippen molar-refractivity contribution in [3.05, 3.63) is 5.82 Å². The predicted octanol–water partition coefficient (Wildman–Crippen LogP) is 1.34. The molecule has 108 valence electrons. The standard InChI is InChI=1S/C11H18N8S/c1-5-6-12-8-14-9(19(3)4)16-10(15-8)20-11-13-7(2)17-18-11/h5-6H2,1-4H3,(H,13,17,18)(H,12,14,15,16). The molecule has 8 nitrogen and oxygen atoms in total. The van der Waals surface area contributed by atoms with Crippen molar-refractivity contribution in [2.45, 2.75) is 30.6 Å². The first kappa shape index (κ1) is 14.5. The second-order valence-corrected chi connectivity index (χ2v) is 5.30. The summed E-state index contributed by atoms with van der Waals surface area (Å²) in [4.78, 5) is 19.2. The highest BCUT2D eigenvalue weighted by molar-refractivity contribution is 7.99. The molecule has 0 bridgehead atoms. The van der Waals surface area contributed by atoms with Crippen molar-refractivity contribution in [1.29, 1.82) is 0 Å². The Bertz CT molecular complexity index is 567. The summed E-state index contributed by atoms with van der Waals surface area (Å²) in [5, 5.41) is 11.2. The minimum atomic E-state index is 0.570. The molecule has 0 aliphatic heterocycles. The van der Waals surface area contributed by atoms with Gasteiger partial charge in [-0.05, 0) is 25.1 Å². The van der Waals surface area contributed by atoms with Crippen LogP contribution in [-0.2, 0) is 0 Å². The molecule has 9 heteroatoms. The Morgan fingerprint density at radius 3 is 2.55 bits per heavy atom. The molecule has 2 aromatic heterocycles. The summed E-state index contributed by atoms with van der Waals surface area (Å²) in [5.74, 6) is 1.94. The van der Waals surface area contributed by atoms with Gasteiger partial charge in [0.25, 0.3) is 0 Å². The van der Waals surface area contributed by atoms with Crippen LogP contribution >= 0.6 is 11.8 Å². The second kappa shape index (κ2) is 6.51. The van der Waals surface area contributed by atoms with Crippen LogP contribution in [0.1, 0.15) is 19.2 Å². The first-order valence-electron chi connectivity index (χ1n) is 6.32. The van der Waals surface area contributed by atoms with Crippen LogP contribution in [0.3, 0.4) is 0 Å². The first-order chi connectivity index (χ1) is 9.58. The number of aromatic nitrogens is 6. The van der Waals surface area contributed by atoms with Crippen LogP contribution in [0, 0.1) is 6.92 Å². The van der Waals surface area contributed by atoms with Gasteiger partial charge in [-0.1, -0.05) is 6.92 Å². The number of anilines is 2. The third kappa shape index (κ3) is 3.80. The maximum atomic E-state index is 4.38. The molecule has 2 aromatic rings. The van der Waals surface area contributed by atoms with Crippen molar-refractivity contribution >= 4 is 23.7 Å². The minimum absolute atomic E-state index is 0.570. The van der Waals surface area contributed by atoms with E-state index in [-0.39, 0.29) is 0 Å². The Labute approximate surface area is 121 Å². The van der Waals surface area contributed by atoms with Crippen LogP contribution in [-0.4, -0.2) is 50.8 Å². The van der Waals surface area contributed by atoms with Gasteiger partial charge in [-0.25, -0.2) is 4.98 Å². The summed E-state index contributed by atoms with van der Waals surface area (Å²) in [5.41, 5.74) is 0. The zero-order valence-corrected chi connectivity index (χ0v) is 12.8. The quantitative estimate of drug-likeness (QED) is 0.824. The maximum Gasteiger partial charge on any atom is 0.230 e. The van der Waals surface area contributed by atoms with E-state index in [0.717, 1.165) is 18.8 Å². The minimum Gasteiger partial charge on any atom is -0.354 e. The molecule has 2 heterocycles. The zero-order valence-electron chi connectivity index (χ0n) is 12.0. The van der Waals surface area contributed by atoms with Crippen LogP contribution in [0.15, 0.2) is 10.3 Å². The van der Waals surface area contributed by atoms with Gasteiger partial charge in [0, 0.05) is 20.6 Å². The number of H-pyrrole nitrogens is 1. The lowest BCUT2D eigenvalue weighted by atomic mass is 10.5. The van der Waals surface area contributed by atoms with E-state index in [1.54, 1.807) is 0 Å². The molecule has 0 fully saturated rings. The lowest BCUT2D eigenvalue weighted by molar-refractivity contribution is 0.847. The molecule has 0 radical (unpaired) electrons. The van der Waals surface area contributed by atoms with Gasteiger partial charge < -0.3 is 10.2 Å². The van der Waals surface area contributed by atoms with Gasteiger partial charge in [0.15, 0.2) is 0 Å². The molecule has 20 heavy (non-hydrogen) atoms. The fraction of sp³-hybridized carbons (Fsp3) is 0.545. The van der Waals surface area contributed by atoms with Crippen LogP contribution < -0.4 is 10.2 Å². The fourth-order valence-corrected chi connectivity index (χ4v) is 2.05. The van der Waals surface area contributed by atoms with Crippen molar-refractivity contribution < 1.29 is 0 Å². The van der Waals surface area contributed by atoms with Crippen molar-refractivity contribution in [1.82, 2.24) is 30.1 Å². The van der Waals surface area contributed by atoms with E-state index in [0.29, 0.717) is 22.2 Å². The summed E-state index contributed by atoms with van der Waals surface area (Å²) in [6.07, 6.45) is 1.01.